The summed E-state index contributed by atoms with van der Waals surface area (Å²) in [4.78, 5) is 12.0. The van der Waals surface area contributed by atoms with E-state index in [2.05, 4.69) is 10.6 Å². The van der Waals surface area contributed by atoms with Crippen molar-refractivity contribution in [2.24, 2.45) is 0 Å². The van der Waals surface area contributed by atoms with E-state index < -0.39 is 6.10 Å². The topological polar surface area (TPSA) is 61.4 Å². The Morgan fingerprint density at radius 1 is 1.40 bits per heavy atom. The number of β-amino-alcohol motifs (C(OH)–C–C–N with tert-alkyl or cyclic N) is 1. The minimum atomic E-state index is -0.433. The van der Waals surface area contributed by atoms with Crippen LogP contribution >= 0.6 is 0 Å². The van der Waals surface area contributed by atoms with Crippen LogP contribution in [0.25, 0.3) is 0 Å². The summed E-state index contributed by atoms with van der Waals surface area (Å²) in [6.45, 7) is 1.05. The zero-order valence-corrected chi connectivity index (χ0v) is 11.2. The van der Waals surface area contributed by atoms with Gasteiger partial charge in [0.25, 0.3) is 0 Å². The van der Waals surface area contributed by atoms with E-state index in [1.165, 1.54) is 12.1 Å². The number of carbonyl (C=O) groups is 1. The van der Waals surface area contributed by atoms with Crippen molar-refractivity contribution in [2.75, 3.05) is 13.1 Å². The first-order valence-electron chi connectivity index (χ1n) is 7.04. The van der Waals surface area contributed by atoms with Crippen LogP contribution in [0, 0.1) is 5.82 Å². The van der Waals surface area contributed by atoms with Crippen molar-refractivity contribution in [3.05, 3.63) is 35.6 Å². The van der Waals surface area contributed by atoms with E-state index in [-0.39, 0.29) is 23.2 Å². The van der Waals surface area contributed by atoms with E-state index in [0.717, 1.165) is 18.4 Å². The highest BCUT2D eigenvalue weighted by Crippen LogP contribution is 2.47. The number of halogens is 1. The van der Waals surface area contributed by atoms with Crippen molar-refractivity contribution < 1.29 is 14.3 Å². The fraction of sp³-hybridized carbons (Fsp3) is 0.533. The van der Waals surface area contributed by atoms with E-state index in [0.29, 0.717) is 19.5 Å². The maximum Gasteiger partial charge on any atom is 0.237 e. The van der Waals surface area contributed by atoms with Gasteiger partial charge in [0.05, 0.1) is 12.1 Å². The van der Waals surface area contributed by atoms with Crippen molar-refractivity contribution in [3.63, 3.8) is 0 Å². The van der Waals surface area contributed by atoms with Gasteiger partial charge in [0.1, 0.15) is 5.82 Å². The van der Waals surface area contributed by atoms with Gasteiger partial charge in [-0.1, -0.05) is 12.1 Å². The third kappa shape index (κ3) is 2.69. The quantitative estimate of drug-likeness (QED) is 0.759. The molecule has 0 aromatic heterocycles. The molecule has 0 bridgehead atoms. The largest absolute Gasteiger partial charge is 0.392 e. The van der Waals surface area contributed by atoms with Gasteiger partial charge in [-0.15, -0.1) is 0 Å². The monoisotopic (exact) mass is 278 g/mol. The smallest absolute Gasteiger partial charge is 0.237 e. The molecule has 108 valence electrons. The van der Waals surface area contributed by atoms with Crippen LogP contribution in [-0.2, 0) is 10.2 Å². The molecule has 20 heavy (non-hydrogen) atoms. The molecular weight excluding hydrogens is 259 g/mol. The number of benzene rings is 1. The van der Waals surface area contributed by atoms with Crippen molar-refractivity contribution in [2.45, 2.75) is 36.8 Å². The fourth-order valence-electron chi connectivity index (χ4n) is 2.82. The molecule has 2 fully saturated rings. The van der Waals surface area contributed by atoms with Crippen LogP contribution < -0.4 is 10.6 Å². The average Bonchev–Trinajstić information content (AvgIpc) is 3.11. The zero-order valence-electron chi connectivity index (χ0n) is 11.2. The van der Waals surface area contributed by atoms with Gasteiger partial charge >= 0.3 is 0 Å². The number of hydrogen-bond donors (Lipinski definition) is 3. The van der Waals surface area contributed by atoms with Gasteiger partial charge in [-0.25, -0.2) is 4.39 Å². The molecule has 2 atom stereocenters. The Morgan fingerprint density at radius 2 is 2.10 bits per heavy atom. The van der Waals surface area contributed by atoms with Crippen LogP contribution in [0.4, 0.5) is 4.39 Å². The van der Waals surface area contributed by atoms with E-state index >= 15 is 0 Å². The van der Waals surface area contributed by atoms with Crippen LogP contribution in [0.5, 0.6) is 0 Å². The number of rotatable bonds is 4. The molecule has 1 saturated carbocycles. The molecule has 4 nitrogen and oxygen atoms in total. The Kier molecular flexibility index (Phi) is 3.48. The zero-order chi connectivity index (χ0) is 14.2. The molecule has 5 heteroatoms. The maximum absolute atomic E-state index is 12.9. The third-order valence-corrected chi connectivity index (χ3v) is 4.34. The summed E-state index contributed by atoms with van der Waals surface area (Å²) >= 11 is 0. The van der Waals surface area contributed by atoms with Gasteiger partial charge < -0.3 is 15.7 Å². The molecule has 1 aromatic rings. The predicted molar refractivity (Wildman–Crippen MR) is 72.7 cm³/mol. The number of nitrogens with one attached hydrogen (secondary N) is 2. The van der Waals surface area contributed by atoms with E-state index in [1.807, 2.05) is 0 Å². The van der Waals surface area contributed by atoms with Crippen LogP contribution in [0.2, 0.25) is 0 Å². The molecule has 0 radical (unpaired) electrons. The number of aliphatic hydroxyl groups excluding tert-OH is 1. The maximum atomic E-state index is 12.9. The van der Waals surface area contributed by atoms with Gasteiger partial charge in [0.2, 0.25) is 5.91 Å². The minimum absolute atomic E-state index is 0.0272. The molecule has 0 unspecified atom stereocenters. The lowest BCUT2D eigenvalue weighted by molar-refractivity contribution is -0.123. The highest BCUT2D eigenvalue weighted by atomic mass is 19.1. The van der Waals surface area contributed by atoms with Crippen molar-refractivity contribution in [3.8, 4) is 0 Å². The molecule has 1 heterocycles. The van der Waals surface area contributed by atoms with Gasteiger partial charge in [-0.3, -0.25) is 4.79 Å². The summed E-state index contributed by atoms with van der Waals surface area (Å²) < 4.78 is 12.9. The normalized spacial score (nSPS) is 27.3. The number of aliphatic hydroxyl groups is 1. The summed E-state index contributed by atoms with van der Waals surface area (Å²) in [5.74, 6) is -0.298. The Morgan fingerprint density at radius 3 is 2.65 bits per heavy atom. The van der Waals surface area contributed by atoms with E-state index in [9.17, 15) is 14.3 Å². The summed E-state index contributed by atoms with van der Waals surface area (Å²) in [6, 6.07) is 6.23. The van der Waals surface area contributed by atoms with Crippen LogP contribution in [0.15, 0.2) is 24.3 Å². The van der Waals surface area contributed by atoms with E-state index in [1.54, 1.807) is 12.1 Å². The van der Waals surface area contributed by atoms with Crippen molar-refractivity contribution >= 4 is 5.91 Å². The van der Waals surface area contributed by atoms with Crippen LogP contribution in [0.3, 0.4) is 0 Å². The Balaban J connectivity index is 1.58. The molecule has 3 rings (SSSR count). The second kappa shape index (κ2) is 5.14. The highest BCUT2D eigenvalue weighted by Gasteiger charge is 2.44. The lowest BCUT2D eigenvalue weighted by Crippen LogP contribution is -2.43. The second-order valence-corrected chi connectivity index (χ2v) is 5.86. The van der Waals surface area contributed by atoms with Crippen LogP contribution in [0.1, 0.15) is 24.8 Å². The summed E-state index contributed by atoms with van der Waals surface area (Å²) in [6.07, 6.45) is 2.06. The third-order valence-electron chi connectivity index (χ3n) is 4.34. The van der Waals surface area contributed by atoms with Gasteiger partial charge in [0.15, 0.2) is 0 Å². The van der Waals surface area contributed by atoms with Crippen molar-refractivity contribution in [1.82, 2.24) is 10.6 Å². The molecule has 1 aliphatic heterocycles. The second-order valence-electron chi connectivity index (χ2n) is 5.86. The molecule has 1 saturated heterocycles. The Bertz CT molecular complexity index is 499. The predicted octanol–water partition coefficient (Wildman–Crippen LogP) is 0.696. The average molecular weight is 278 g/mol. The molecule has 1 aliphatic carbocycles. The number of hydrogen-bond acceptors (Lipinski definition) is 3. The molecule has 2 aliphatic rings. The Hall–Kier alpha value is -1.46. The fourth-order valence-corrected chi connectivity index (χ4v) is 2.82. The summed E-state index contributed by atoms with van der Waals surface area (Å²) in [7, 11) is 0. The first-order chi connectivity index (χ1) is 9.59. The van der Waals surface area contributed by atoms with Gasteiger partial charge in [-0.05, 0) is 37.0 Å². The van der Waals surface area contributed by atoms with E-state index in [4.69, 9.17) is 0 Å². The summed E-state index contributed by atoms with van der Waals surface area (Å²) in [5, 5.41) is 15.4. The van der Waals surface area contributed by atoms with Crippen molar-refractivity contribution in [1.29, 1.82) is 0 Å². The van der Waals surface area contributed by atoms with Gasteiger partial charge in [-0.2, -0.15) is 0 Å². The lowest BCUT2D eigenvalue weighted by Gasteiger charge is -2.18. The molecule has 3 N–H and O–H groups in total. The number of amides is 1. The lowest BCUT2D eigenvalue weighted by atomic mass is 9.96. The van der Waals surface area contributed by atoms with Crippen LogP contribution in [-0.4, -0.2) is 36.2 Å². The highest BCUT2D eigenvalue weighted by molar-refractivity contribution is 5.82. The molecule has 1 amide bonds. The SMILES string of the molecule is O=C(NCC1(c2ccc(F)cc2)CC1)[C@@H]1C[C@@H](O)CN1. The summed E-state index contributed by atoms with van der Waals surface area (Å²) in [5.41, 5.74) is 1.05. The molecule has 0 spiro atoms. The first-order valence-corrected chi connectivity index (χ1v) is 7.04. The molecule has 1 aromatic carbocycles. The standard InChI is InChI=1S/C15H19FN2O2/c16-11-3-1-10(2-4-11)15(5-6-15)9-18-14(20)13-7-12(19)8-17-13/h1-4,12-13,17,19H,5-9H2,(H,18,20)/t12-,13+/m1/s1. The van der Waals surface area contributed by atoms with Gasteiger partial charge in [0, 0.05) is 18.5 Å². The first kappa shape index (κ1) is 13.5. The minimum Gasteiger partial charge on any atom is -0.392 e. The number of carbonyl (C=O) groups excluding carboxylic acids is 1. The Labute approximate surface area is 117 Å². The molecular formula is C15H19FN2O2.